The zero-order valence-corrected chi connectivity index (χ0v) is 25.1. The molecule has 3 aromatic carbocycles. The summed E-state index contributed by atoms with van der Waals surface area (Å²) in [6.07, 6.45) is 4.15. The molecule has 10 heteroatoms. The zero-order chi connectivity index (χ0) is 29.9. The van der Waals surface area contributed by atoms with E-state index in [1.807, 2.05) is 72.8 Å². The van der Waals surface area contributed by atoms with Crippen LogP contribution in [0.5, 0.6) is 0 Å². The number of carbonyl (C=O) groups excluding carboxylic acids is 1. The second-order valence-electron chi connectivity index (χ2n) is 10.6. The second kappa shape index (κ2) is 12.3. The molecule has 1 aliphatic rings. The average Bonchev–Trinajstić information content (AvgIpc) is 3.58. The highest BCUT2D eigenvalue weighted by molar-refractivity contribution is 7.17. The smallest absolute Gasteiger partial charge is 0.228 e. The van der Waals surface area contributed by atoms with Crippen LogP contribution >= 0.6 is 11.3 Å². The number of hydrogen-bond donors (Lipinski definition) is 2. The van der Waals surface area contributed by atoms with Crippen LogP contribution in [0.3, 0.4) is 0 Å². The molecule has 0 radical (unpaired) electrons. The number of fused-ring (bicyclic) bond motifs is 1. The normalized spacial score (nSPS) is 13.2. The molecule has 1 fully saturated rings. The molecular weight excluding hydrogens is 570 g/mol. The van der Waals surface area contributed by atoms with E-state index in [9.17, 15) is 4.79 Å². The van der Waals surface area contributed by atoms with Gasteiger partial charge in [-0.1, -0.05) is 48.5 Å². The van der Waals surface area contributed by atoms with Gasteiger partial charge in [0, 0.05) is 53.0 Å². The van der Waals surface area contributed by atoms with Crippen molar-refractivity contribution in [3.05, 3.63) is 108 Å². The van der Waals surface area contributed by atoms with Gasteiger partial charge < -0.3 is 20.3 Å². The van der Waals surface area contributed by atoms with E-state index in [1.165, 1.54) is 0 Å². The summed E-state index contributed by atoms with van der Waals surface area (Å²) in [6, 6.07) is 27.7. The fraction of sp³-hybridized carbons (Fsp3) is 0.176. The van der Waals surface area contributed by atoms with Crippen molar-refractivity contribution in [3.63, 3.8) is 0 Å². The Labute approximate surface area is 259 Å². The Morgan fingerprint density at radius 2 is 1.75 bits per heavy atom. The number of amides is 1. The third-order valence-electron chi connectivity index (χ3n) is 7.45. The van der Waals surface area contributed by atoms with Crippen molar-refractivity contribution in [2.24, 2.45) is 0 Å². The van der Waals surface area contributed by atoms with Gasteiger partial charge in [-0.3, -0.25) is 9.20 Å². The summed E-state index contributed by atoms with van der Waals surface area (Å²) in [6.45, 7) is 5.27. The lowest BCUT2D eigenvalue weighted by atomic mass is 10.1. The number of aryl methyl sites for hydroxylation is 1. The lowest BCUT2D eigenvalue weighted by molar-refractivity contribution is -0.115. The van der Waals surface area contributed by atoms with Crippen LogP contribution in [0, 0.1) is 6.92 Å². The third kappa shape index (κ3) is 6.03. The molecule has 0 unspecified atom stereocenters. The maximum Gasteiger partial charge on any atom is 0.228 e. The van der Waals surface area contributed by atoms with Gasteiger partial charge in [0.15, 0.2) is 4.96 Å². The first-order chi connectivity index (χ1) is 21.6. The molecule has 0 atom stereocenters. The third-order valence-corrected chi connectivity index (χ3v) is 8.34. The summed E-state index contributed by atoms with van der Waals surface area (Å²) < 4.78 is 7.60. The molecule has 3 aromatic heterocycles. The van der Waals surface area contributed by atoms with E-state index in [2.05, 4.69) is 50.2 Å². The average molecular weight is 602 g/mol. The number of aromatic nitrogens is 4. The zero-order valence-electron chi connectivity index (χ0n) is 24.2. The Balaban J connectivity index is 1.19. The number of rotatable bonds is 8. The molecule has 1 saturated heterocycles. The predicted molar refractivity (Wildman–Crippen MR) is 176 cm³/mol. The Kier molecular flexibility index (Phi) is 7.74. The summed E-state index contributed by atoms with van der Waals surface area (Å²) in [7, 11) is 0. The van der Waals surface area contributed by atoms with Crippen molar-refractivity contribution < 1.29 is 9.53 Å². The highest BCUT2D eigenvalue weighted by atomic mass is 32.1. The Bertz CT molecular complexity index is 1930. The quantitative estimate of drug-likeness (QED) is 0.203. The molecule has 9 nitrogen and oxygen atoms in total. The molecule has 1 amide bonds. The number of hydrogen-bond acceptors (Lipinski definition) is 8. The fourth-order valence-electron chi connectivity index (χ4n) is 5.41. The van der Waals surface area contributed by atoms with Gasteiger partial charge in [-0.25, -0.2) is 15.0 Å². The summed E-state index contributed by atoms with van der Waals surface area (Å²) in [5.74, 6) is 0.427. The molecule has 0 aliphatic carbocycles. The first-order valence-corrected chi connectivity index (χ1v) is 15.4. The second-order valence-corrected chi connectivity index (χ2v) is 11.8. The molecule has 1 aliphatic heterocycles. The van der Waals surface area contributed by atoms with Crippen LogP contribution in [0.25, 0.3) is 27.6 Å². The van der Waals surface area contributed by atoms with Crippen molar-refractivity contribution in [3.8, 4) is 22.6 Å². The van der Waals surface area contributed by atoms with Crippen LogP contribution in [-0.2, 0) is 16.0 Å². The molecule has 6 aromatic rings. The first kappa shape index (κ1) is 27.8. The van der Waals surface area contributed by atoms with Crippen molar-refractivity contribution in [1.29, 1.82) is 0 Å². The van der Waals surface area contributed by atoms with Gasteiger partial charge in [0.05, 0.1) is 31.0 Å². The minimum absolute atomic E-state index is 0.0702. The van der Waals surface area contributed by atoms with Gasteiger partial charge in [0.2, 0.25) is 11.9 Å². The number of carbonyl (C=O) groups is 1. The predicted octanol–water partition coefficient (Wildman–Crippen LogP) is 6.59. The highest BCUT2D eigenvalue weighted by Gasteiger charge is 2.20. The van der Waals surface area contributed by atoms with Gasteiger partial charge in [0.25, 0.3) is 0 Å². The lowest BCUT2D eigenvalue weighted by Gasteiger charge is -2.29. The van der Waals surface area contributed by atoms with Gasteiger partial charge in [-0.15, -0.1) is 11.3 Å². The van der Waals surface area contributed by atoms with Gasteiger partial charge in [-0.05, 0) is 48.9 Å². The van der Waals surface area contributed by atoms with E-state index < -0.39 is 0 Å². The highest BCUT2D eigenvalue weighted by Crippen LogP contribution is 2.36. The number of nitrogens with one attached hydrogen (secondary N) is 2. The number of thiazole rings is 1. The number of anilines is 4. The van der Waals surface area contributed by atoms with E-state index in [4.69, 9.17) is 14.7 Å². The van der Waals surface area contributed by atoms with Crippen molar-refractivity contribution >= 4 is 45.2 Å². The topological polar surface area (TPSA) is 96.7 Å². The Morgan fingerprint density at radius 3 is 2.61 bits per heavy atom. The van der Waals surface area contributed by atoms with Gasteiger partial charge >= 0.3 is 0 Å². The van der Waals surface area contributed by atoms with Crippen LogP contribution in [0.2, 0.25) is 0 Å². The van der Waals surface area contributed by atoms with Gasteiger partial charge in [-0.2, -0.15) is 0 Å². The molecule has 4 heterocycles. The minimum Gasteiger partial charge on any atom is -0.378 e. The van der Waals surface area contributed by atoms with E-state index >= 15 is 0 Å². The van der Waals surface area contributed by atoms with E-state index in [1.54, 1.807) is 17.5 Å². The molecule has 0 bridgehead atoms. The van der Waals surface area contributed by atoms with Crippen LogP contribution in [-0.4, -0.2) is 51.6 Å². The minimum atomic E-state index is -0.0702. The number of nitrogens with zero attached hydrogens (tertiary/aromatic N) is 5. The van der Waals surface area contributed by atoms with Gasteiger partial charge in [0.1, 0.15) is 5.69 Å². The van der Waals surface area contributed by atoms with Crippen LogP contribution < -0.4 is 15.5 Å². The molecule has 2 N–H and O–H groups in total. The summed E-state index contributed by atoms with van der Waals surface area (Å²) in [5.41, 5.74) is 7.01. The fourth-order valence-corrected chi connectivity index (χ4v) is 6.24. The summed E-state index contributed by atoms with van der Waals surface area (Å²) in [5, 5.41) is 6.44. The largest absolute Gasteiger partial charge is 0.378 e. The summed E-state index contributed by atoms with van der Waals surface area (Å²) in [4.78, 5) is 31.6. The van der Waals surface area contributed by atoms with Crippen LogP contribution in [0.1, 0.15) is 10.4 Å². The Hall–Kier alpha value is -5.06. The maximum atomic E-state index is 12.8. The molecule has 0 saturated carbocycles. The molecule has 0 spiro atoms. The first-order valence-electron chi connectivity index (χ1n) is 14.5. The van der Waals surface area contributed by atoms with Crippen LogP contribution in [0.4, 0.5) is 23.0 Å². The van der Waals surface area contributed by atoms with Crippen molar-refractivity contribution in [1.82, 2.24) is 19.4 Å². The maximum absolute atomic E-state index is 12.8. The van der Waals surface area contributed by atoms with Crippen LogP contribution in [0.15, 0.2) is 97.3 Å². The monoisotopic (exact) mass is 601 g/mol. The number of ether oxygens (including phenoxy) is 1. The molecule has 220 valence electrons. The van der Waals surface area contributed by atoms with E-state index in [0.717, 1.165) is 75.7 Å². The number of imidazole rings is 1. The summed E-state index contributed by atoms with van der Waals surface area (Å²) >= 11 is 1.62. The van der Waals surface area contributed by atoms with E-state index in [0.29, 0.717) is 18.1 Å². The molecule has 44 heavy (non-hydrogen) atoms. The number of benzene rings is 3. The Morgan fingerprint density at radius 1 is 0.932 bits per heavy atom. The lowest BCUT2D eigenvalue weighted by Crippen LogP contribution is -2.36. The standard InChI is InChI=1S/C34H31N7O2S/c1-23-22-41-32(29-13-14-35-33(38-29)37-27-11-6-12-28(21-27)40-15-17-43-18-16-40)31(39-34(41)44-23)25-9-5-10-26(20-25)36-30(42)19-24-7-3-2-4-8-24/h2-14,20-22H,15-19H2,1H3,(H,36,42)(H,35,37,38). The molecular formula is C34H31N7O2S. The molecule has 7 rings (SSSR count). The number of morpholine rings is 1. The van der Waals surface area contributed by atoms with Crippen molar-refractivity contribution in [2.75, 3.05) is 41.8 Å². The van der Waals surface area contributed by atoms with Crippen molar-refractivity contribution in [2.45, 2.75) is 13.3 Å². The van der Waals surface area contributed by atoms with E-state index in [-0.39, 0.29) is 5.91 Å². The SMILES string of the molecule is Cc1cn2c(-c3ccnc(Nc4cccc(N5CCOCC5)c4)n3)c(-c3cccc(NC(=O)Cc4ccccc4)c3)nc2s1.